The van der Waals surface area contributed by atoms with Crippen molar-refractivity contribution in [2.24, 2.45) is 11.7 Å². The van der Waals surface area contributed by atoms with Crippen molar-refractivity contribution in [1.29, 1.82) is 0 Å². The van der Waals surface area contributed by atoms with E-state index in [0.29, 0.717) is 0 Å². The predicted molar refractivity (Wildman–Crippen MR) is 66.5 cm³/mol. The summed E-state index contributed by atoms with van der Waals surface area (Å²) in [6.45, 7) is 4.38. The van der Waals surface area contributed by atoms with Gasteiger partial charge < -0.3 is 15.4 Å². The number of nitrogens with zero attached hydrogens (tertiary/aromatic N) is 1. The highest BCUT2D eigenvalue weighted by Gasteiger charge is 2.35. The first kappa shape index (κ1) is 12.8. The minimum Gasteiger partial charge on any atom is -0.377 e. The number of piperidine rings is 1. The monoisotopic (exact) mass is 240 g/mol. The molecule has 17 heavy (non-hydrogen) atoms. The van der Waals surface area contributed by atoms with Gasteiger partial charge in [-0.15, -0.1) is 0 Å². The van der Waals surface area contributed by atoms with Crippen LogP contribution in [-0.2, 0) is 9.53 Å². The Labute approximate surface area is 103 Å². The Bertz CT molecular complexity index is 268. The zero-order valence-electron chi connectivity index (χ0n) is 10.7. The maximum atomic E-state index is 12.4. The third kappa shape index (κ3) is 2.99. The lowest BCUT2D eigenvalue weighted by atomic mass is 10.00. The van der Waals surface area contributed by atoms with Crippen LogP contribution in [-0.4, -0.2) is 42.6 Å². The molecule has 0 aromatic carbocycles. The summed E-state index contributed by atoms with van der Waals surface area (Å²) in [4.78, 5) is 14.3. The van der Waals surface area contributed by atoms with E-state index in [9.17, 15) is 4.79 Å². The molecule has 98 valence electrons. The number of hydrogen-bond donors (Lipinski definition) is 1. The van der Waals surface area contributed by atoms with E-state index in [1.54, 1.807) is 0 Å². The van der Waals surface area contributed by atoms with Crippen molar-refractivity contribution in [1.82, 2.24) is 4.90 Å². The number of hydrogen-bond acceptors (Lipinski definition) is 3. The molecule has 2 N–H and O–H groups in total. The fraction of sp³-hybridized carbons (Fsp3) is 0.923. The van der Waals surface area contributed by atoms with Gasteiger partial charge in [-0.3, -0.25) is 4.79 Å². The molecule has 1 aliphatic carbocycles. The van der Waals surface area contributed by atoms with Crippen molar-refractivity contribution in [2.45, 2.75) is 51.2 Å². The lowest BCUT2D eigenvalue weighted by Gasteiger charge is -2.34. The first-order chi connectivity index (χ1) is 8.22. The number of likely N-dealkylation sites (tertiary alicyclic amines) is 1. The van der Waals surface area contributed by atoms with E-state index in [1.165, 1.54) is 0 Å². The smallest absolute Gasteiger partial charge is 0.227 e. The van der Waals surface area contributed by atoms with E-state index in [4.69, 9.17) is 10.5 Å². The van der Waals surface area contributed by atoms with Crippen LogP contribution in [0.4, 0.5) is 0 Å². The maximum absolute atomic E-state index is 12.4. The molecular weight excluding hydrogens is 216 g/mol. The van der Waals surface area contributed by atoms with Crippen LogP contribution in [0.25, 0.3) is 0 Å². The van der Waals surface area contributed by atoms with Crippen molar-refractivity contribution in [3.63, 3.8) is 0 Å². The van der Waals surface area contributed by atoms with Gasteiger partial charge in [-0.2, -0.15) is 0 Å². The average Bonchev–Trinajstić information content (AvgIpc) is 2.75. The van der Waals surface area contributed by atoms with Gasteiger partial charge in [0.2, 0.25) is 5.91 Å². The van der Waals surface area contributed by atoms with Crippen LogP contribution in [0.3, 0.4) is 0 Å². The molecule has 2 fully saturated rings. The van der Waals surface area contributed by atoms with Crippen LogP contribution in [0.15, 0.2) is 0 Å². The summed E-state index contributed by atoms with van der Waals surface area (Å²) < 4.78 is 5.63. The highest BCUT2D eigenvalue weighted by molar-refractivity contribution is 5.80. The number of nitrogens with two attached hydrogens (primary N) is 1. The predicted octanol–water partition coefficient (Wildman–Crippen LogP) is 1.14. The van der Waals surface area contributed by atoms with E-state index >= 15 is 0 Å². The van der Waals surface area contributed by atoms with Gasteiger partial charge in [0.1, 0.15) is 0 Å². The van der Waals surface area contributed by atoms with Crippen LogP contribution in [0.1, 0.15) is 39.0 Å². The van der Waals surface area contributed by atoms with Gasteiger partial charge in [0, 0.05) is 25.7 Å². The zero-order chi connectivity index (χ0) is 12.3. The SMILES string of the molecule is CCOC1CCCN(C(=O)C2CCCC2N)C1. The van der Waals surface area contributed by atoms with Gasteiger partial charge in [-0.1, -0.05) is 6.42 Å². The lowest BCUT2D eigenvalue weighted by Crippen LogP contribution is -2.48. The molecule has 1 heterocycles. The molecular formula is C13H24N2O2. The zero-order valence-corrected chi connectivity index (χ0v) is 10.7. The van der Waals surface area contributed by atoms with Crippen molar-refractivity contribution in [3.8, 4) is 0 Å². The Kier molecular flexibility index (Phi) is 4.40. The lowest BCUT2D eigenvalue weighted by molar-refractivity contribution is -0.139. The van der Waals surface area contributed by atoms with E-state index in [-0.39, 0.29) is 24.0 Å². The second-order valence-corrected chi connectivity index (χ2v) is 5.21. The van der Waals surface area contributed by atoms with Crippen LogP contribution < -0.4 is 5.73 Å². The Balaban J connectivity index is 1.90. The highest BCUT2D eigenvalue weighted by Crippen LogP contribution is 2.27. The molecule has 0 bridgehead atoms. The molecule has 1 amide bonds. The molecule has 1 saturated heterocycles. The number of carbonyl (C=O) groups is 1. The molecule has 1 saturated carbocycles. The summed E-state index contributed by atoms with van der Waals surface area (Å²) in [5, 5.41) is 0. The standard InChI is InChI=1S/C13H24N2O2/c1-2-17-10-5-4-8-15(9-10)13(16)11-6-3-7-12(11)14/h10-12H,2-9,14H2,1H3. The third-order valence-corrected chi connectivity index (χ3v) is 3.98. The van der Waals surface area contributed by atoms with Gasteiger partial charge in [0.25, 0.3) is 0 Å². The Morgan fingerprint density at radius 2 is 2.18 bits per heavy atom. The van der Waals surface area contributed by atoms with E-state index in [2.05, 4.69) is 0 Å². The quantitative estimate of drug-likeness (QED) is 0.805. The number of carbonyl (C=O) groups excluding carboxylic acids is 1. The molecule has 3 atom stereocenters. The van der Waals surface area contributed by atoms with Crippen molar-refractivity contribution >= 4 is 5.91 Å². The van der Waals surface area contributed by atoms with E-state index < -0.39 is 0 Å². The summed E-state index contributed by atoms with van der Waals surface area (Å²) >= 11 is 0. The molecule has 2 rings (SSSR count). The first-order valence-corrected chi connectivity index (χ1v) is 6.88. The van der Waals surface area contributed by atoms with Gasteiger partial charge >= 0.3 is 0 Å². The number of ether oxygens (including phenoxy) is 1. The Morgan fingerprint density at radius 3 is 2.82 bits per heavy atom. The fourth-order valence-electron chi connectivity index (χ4n) is 3.04. The molecule has 3 unspecified atom stereocenters. The van der Waals surface area contributed by atoms with Crippen molar-refractivity contribution < 1.29 is 9.53 Å². The molecule has 0 aromatic rings. The van der Waals surface area contributed by atoms with Gasteiger partial charge in [0.15, 0.2) is 0 Å². The second-order valence-electron chi connectivity index (χ2n) is 5.21. The van der Waals surface area contributed by atoms with Crippen LogP contribution >= 0.6 is 0 Å². The fourth-order valence-corrected chi connectivity index (χ4v) is 3.04. The van der Waals surface area contributed by atoms with Crippen molar-refractivity contribution in [3.05, 3.63) is 0 Å². The summed E-state index contributed by atoms with van der Waals surface area (Å²) in [6.07, 6.45) is 5.43. The third-order valence-electron chi connectivity index (χ3n) is 3.98. The molecule has 0 spiro atoms. The summed E-state index contributed by atoms with van der Waals surface area (Å²) in [6, 6.07) is 0.0787. The highest BCUT2D eigenvalue weighted by atomic mass is 16.5. The molecule has 2 aliphatic rings. The summed E-state index contributed by atoms with van der Waals surface area (Å²) in [5.74, 6) is 0.328. The molecule has 4 nitrogen and oxygen atoms in total. The van der Waals surface area contributed by atoms with Crippen LogP contribution in [0.2, 0.25) is 0 Å². The minimum absolute atomic E-state index is 0.0652. The maximum Gasteiger partial charge on any atom is 0.227 e. The molecule has 0 aromatic heterocycles. The summed E-state index contributed by atoms with van der Waals surface area (Å²) in [5.41, 5.74) is 6.00. The van der Waals surface area contributed by atoms with Crippen LogP contribution in [0, 0.1) is 5.92 Å². The van der Waals surface area contributed by atoms with E-state index in [1.807, 2.05) is 11.8 Å². The molecule has 4 heteroatoms. The normalized spacial score (nSPS) is 34.0. The largest absolute Gasteiger partial charge is 0.377 e. The number of rotatable bonds is 3. The molecule has 1 aliphatic heterocycles. The number of amides is 1. The molecule has 0 radical (unpaired) electrons. The van der Waals surface area contributed by atoms with Gasteiger partial charge in [-0.25, -0.2) is 0 Å². The topological polar surface area (TPSA) is 55.6 Å². The van der Waals surface area contributed by atoms with Gasteiger partial charge in [0.05, 0.1) is 12.0 Å². The van der Waals surface area contributed by atoms with Crippen molar-refractivity contribution in [2.75, 3.05) is 19.7 Å². The van der Waals surface area contributed by atoms with Gasteiger partial charge in [-0.05, 0) is 32.6 Å². The summed E-state index contributed by atoms with van der Waals surface area (Å²) in [7, 11) is 0. The Hall–Kier alpha value is -0.610. The minimum atomic E-state index is 0.0652. The van der Waals surface area contributed by atoms with E-state index in [0.717, 1.165) is 51.8 Å². The van der Waals surface area contributed by atoms with Crippen LogP contribution in [0.5, 0.6) is 0 Å². The first-order valence-electron chi connectivity index (χ1n) is 6.88. The second kappa shape index (κ2) is 5.83. The Morgan fingerprint density at radius 1 is 1.35 bits per heavy atom. The average molecular weight is 240 g/mol.